The number of ether oxygens (including phenoxy) is 1. The predicted octanol–water partition coefficient (Wildman–Crippen LogP) is 3.47. The van der Waals surface area contributed by atoms with Gasteiger partial charge in [-0.3, -0.25) is 0 Å². The van der Waals surface area contributed by atoms with Crippen molar-refractivity contribution in [1.82, 2.24) is 0 Å². The van der Waals surface area contributed by atoms with Crippen LogP contribution in [0.15, 0.2) is 36.4 Å². The summed E-state index contributed by atoms with van der Waals surface area (Å²) in [6, 6.07) is 9.69. The normalized spacial score (nSPS) is 11.8. The molecule has 0 saturated heterocycles. The zero-order valence-electron chi connectivity index (χ0n) is 11.3. The number of benzene rings is 2. The standard InChI is InChI=1S/C16H13F2NO2/c1-10(20)14-7-13(17)3-5-16(14)21-9-11-2-4-15(18)12(6-11)8-19/h2-7,10,20H,9H2,1H3/t10-/m0/s1. The number of aliphatic hydroxyl groups excluding tert-OH is 1. The molecule has 0 bridgehead atoms. The molecule has 0 unspecified atom stereocenters. The first-order chi connectivity index (χ1) is 10.0. The van der Waals surface area contributed by atoms with Crippen molar-refractivity contribution < 1.29 is 18.6 Å². The smallest absolute Gasteiger partial charge is 0.140 e. The van der Waals surface area contributed by atoms with Crippen LogP contribution in [0.25, 0.3) is 0 Å². The Balaban J connectivity index is 2.19. The van der Waals surface area contributed by atoms with Crippen LogP contribution < -0.4 is 4.74 Å². The van der Waals surface area contributed by atoms with E-state index in [-0.39, 0.29) is 12.2 Å². The molecule has 0 fully saturated rings. The van der Waals surface area contributed by atoms with Crippen molar-refractivity contribution in [2.45, 2.75) is 19.6 Å². The molecule has 5 heteroatoms. The molecule has 1 atom stereocenters. The molecule has 21 heavy (non-hydrogen) atoms. The minimum absolute atomic E-state index is 0.0639. The van der Waals surface area contributed by atoms with Gasteiger partial charge in [-0.25, -0.2) is 8.78 Å². The Labute approximate surface area is 121 Å². The molecule has 3 nitrogen and oxygen atoms in total. The quantitative estimate of drug-likeness (QED) is 0.937. The number of halogens is 2. The fourth-order valence-corrected chi connectivity index (χ4v) is 1.89. The fraction of sp³-hybridized carbons (Fsp3) is 0.188. The van der Waals surface area contributed by atoms with E-state index in [4.69, 9.17) is 10.00 Å². The summed E-state index contributed by atoms with van der Waals surface area (Å²) < 4.78 is 31.9. The Morgan fingerprint density at radius 1 is 1.24 bits per heavy atom. The van der Waals surface area contributed by atoms with Crippen LogP contribution in [0.5, 0.6) is 5.75 Å². The first kappa shape index (κ1) is 14.9. The van der Waals surface area contributed by atoms with Crippen LogP contribution in [0.3, 0.4) is 0 Å². The van der Waals surface area contributed by atoms with Gasteiger partial charge in [-0.15, -0.1) is 0 Å². The third kappa shape index (κ3) is 3.56. The first-order valence-corrected chi connectivity index (χ1v) is 6.30. The highest BCUT2D eigenvalue weighted by molar-refractivity contribution is 5.37. The van der Waals surface area contributed by atoms with Gasteiger partial charge in [0.15, 0.2) is 0 Å². The summed E-state index contributed by atoms with van der Waals surface area (Å²) in [7, 11) is 0. The average Bonchev–Trinajstić information content (AvgIpc) is 2.47. The maximum atomic E-state index is 13.2. The number of hydrogen-bond donors (Lipinski definition) is 1. The highest BCUT2D eigenvalue weighted by Gasteiger charge is 2.11. The predicted molar refractivity (Wildman–Crippen MR) is 72.5 cm³/mol. The molecule has 0 radical (unpaired) electrons. The number of hydrogen-bond acceptors (Lipinski definition) is 3. The molecule has 0 aromatic heterocycles. The van der Waals surface area contributed by atoms with E-state index in [0.29, 0.717) is 16.9 Å². The number of rotatable bonds is 4. The van der Waals surface area contributed by atoms with Gasteiger partial charge in [0.05, 0.1) is 11.7 Å². The molecular formula is C16H13F2NO2. The molecule has 2 aromatic rings. The second-order valence-electron chi connectivity index (χ2n) is 4.57. The van der Waals surface area contributed by atoms with Crippen molar-refractivity contribution in [3.63, 3.8) is 0 Å². The lowest BCUT2D eigenvalue weighted by Crippen LogP contribution is -2.02. The van der Waals surface area contributed by atoms with Crippen molar-refractivity contribution in [2.75, 3.05) is 0 Å². The summed E-state index contributed by atoms with van der Waals surface area (Å²) in [6.07, 6.45) is -0.876. The molecule has 0 aliphatic carbocycles. The average molecular weight is 289 g/mol. The molecule has 0 spiro atoms. The first-order valence-electron chi connectivity index (χ1n) is 6.30. The zero-order chi connectivity index (χ0) is 15.4. The van der Waals surface area contributed by atoms with E-state index in [2.05, 4.69) is 0 Å². The topological polar surface area (TPSA) is 53.2 Å². The summed E-state index contributed by atoms with van der Waals surface area (Å²) in [6.45, 7) is 1.59. The lowest BCUT2D eigenvalue weighted by molar-refractivity contribution is 0.189. The Hall–Kier alpha value is -2.45. The van der Waals surface area contributed by atoms with E-state index >= 15 is 0 Å². The van der Waals surface area contributed by atoms with Crippen molar-refractivity contribution in [1.29, 1.82) is 5.26 Å². The minimum Gasteiger partial charge on any atom is -0.489 e. The van der Waals surface area contributed by atoms with Crippen LogP contribution in [0.4, 0.5) is 8.78 Å². The molecule has 0 aliphatic rings. The Kier molecular flexibility index (Phi) is 4.51. The molecule has 0 aliphatic heterocycles. The Morgan fingerprint density at radius 2 is 2.00 bits per heavy atom. The third-order valence-corrected chi connectivity index (χ3v) is 2.97. The second kappa shape index (κ2) is 6.33. The van der Waals surface area contributed by atoms with E-state index in [0.717, 1.165) is 0 Å². The van der Waals surface area contributed by atoms with Gasteiger partial charge < -0.3 is 9.84 Å². The van der Waals surface area contributed by atoms with Gasteiger partial charge in [0.1, 0.15) is 30.1 Å². The molecular weight excluding hydrogens is 276 g/mol. The molecule has 108 valence electrons. The monoisotopic (exact) mass is 289 g/mol. The van der Waals surface area contributed by atoms with Gasteiger partial charge >= 0.3 is 0 Å². The van der Waals surface area contributed by atoms with Crippen LogP contribution in [0.2, 0.25) is 0 Å². The van der Waals surface area contributed by atoms with E-state index in [1.165, 1.54) is 43.3 Å². The van der Waals surface area contributed by atoms with E-state index in [9.17, 15) is 13.9 Å². The maximum absolute atomic E-state index is 13.2. The zero-order valence-corrected chi connectivity index (χ0v) is 11.3. The van der Waals surface area contributed by atoms with Crippen molar-refractivity contribution >= 4 is 0 Å². The van der Waals surface area contributed by atoms with E-state index in [1.807, 2.05) is 0 Å². The van der Waals surface area contributed by atoms with Crippen LogP contribution in [0.1, 0.15) is 29.7 Å². The summed E-state index contributed by atoms with van der Waals surface area (Å²) in [4.78, 5) is 0. The molecule has 1 N–H and O–H groups in total. The minimum atomic E-state index is -0.876. The van der Waals surface area contributed by atoms with Crippen molar-refractivity contribution in [3.8, 4) is 11.8 Å². The summed E-state index contributed by atoms with van der Waals surface area (Å²) in [5, 5.41) is 18.4. The molecule has 2 rings (SSSR count). The molecule has 2 aromatic carbocycles. The van der Waals surface area contributed by atoms with Gasteiger partial charge in [0.25, 0.3) is 0 Å². The van der Waals surface area contributed by atoms with Crippen LogP contribution >= 0.6 is 0 Å². The summed E-state index contributed by atoms with van der Waals surface area (Å²) in [5.41, 5.74) is 0.873. The lowest BCUT2D eigenvalue weighted by Gasteiger charge is -2.13. The number of nitrogens with zero attached hydrogens (tertiary/aromatic N) is 1. The number of nitriles is 1. The number of aliphatic hydroxyl groups is 1. The molecule has 0 heterocycles. The third-order valence-electron chi connectivity index (χ3n) is 2.97. The largest absolute Gasteiger partial charge is 0.489 e. The van der Waals surface area contributed by atoms with Crippen LogP contribution in [0, 0.1) is 23.0 Å². The van der Waals surface area contributed by atoms with E-state index < -0.39 is 17.7 Å². The van der Waals surface area contributed by atoms with Crippen LogP contribution in [-0.4, -0.2) is 5.11 Å². The van der Waals surface area contributed by atoms with Crippen molar-refractivity contribution in [2.24, 2.45) is 0 Å². The van der Waals surface area contributed by atoms with Gasteiger partial charge in [0, 0.05) is 5.56 Å². The van der Waals surface area contributed by atoms with Gasteiger partial charge in [-0.2, -0.15) is 5.26 Å². The van der Waals surface area contributed by atoms with Gasteiger partial charge in [0.2, 0.25) is 0 Å². The lowest BCUT2D eigenvalue weighted by atomic mass is 10.1. The molecule has 0 saturated carbocycles. The Bertz CT molecular complexity index is 693. The fourth-order valence-electron chi connectivity index (χ4n) is 1.89. The molecule has 0 amide bonds. The maximum Gasteiger partial charge on any atom is 0.140 e. The van der Waals surface area contributed by atoms with Gasteiger partial charge in [-0.05, 0) is 42.8 Å². The Morgan fingerprint density at radius 3 is 2.67 bits per heavy atom. The van der Waals surface area contributed by atoms with Gasteiger partial charge in [-0.1, -0.05) is 6.07 Å². The van der Waals surface area contributed by atoms with Crippen molar-refractivity contribution in [3.05, 3.63) is 64.7 Å². The highest BCUT2D eigenvalue weighted by atomic mass is 19.1. The second-order valence-corrected chi connectivity index (χ2v) is 4.57. The van der Waals surface area contributed by atoms with E-state index in [1.54, 1.807) is 6.07 Å². The SMILES string of the molecule is C[C@H](O)c1cc(F)ccc1OCc1ccc(F)c(C#N)c1. The highest BCUT2D eigenvalue weighted by Crippen LogP contribution is 2.26. The summed E-state index contributed by atoms with van der Waals surface area (Å²) >= 11 is 0. The summed E-state index contributed by atoms with van der Waals surface area (Å²) in [5.74, 6) is -0.714. The van der Waals surface area contributed by atoms with Crippen LogP contribution in [-0.2, 0) is 6.61 Å².